The quantitative estimate of drug-likeness (QED) is 0.629. The maximum atomic E-state index is 11.9. The van der Waals surface area contributed by atoms with Gasteiger partial charge in [0.15, 0.2) is 0 Å². The van der Waals surface area contributed by atoms with E-state index in [0.29, 0.717) is 19.4 Å². The van der Waals surface area contributed by atoms with Crippen LogP contribution in [0.4, 0.5) is 4.79 Å². The van der Waals surface area contributed by atoms with Gasteiger partial charge in [0, 0.05) is 6.54 Å². The Balaban J connectivity index is 1.74. The standard InChI is InChI=1S/C18H22N2O3/c21-13-16(11-14-5-2-1-3-6-14)20-18(23)19-10-9-15-7-4-8-17(22)12-15/h1-8,12,16,21-22H,9-11,13H2,(H2,19,20,23). The molecule has 122 valence electrons. The van der Waals surface area contributed by atoms with Crippen molar-refractivity contribution in [3.8, 4) is 5.75 Å². The van der Waals surface area contributed by atoms with Crippen LogP contribution in [0.15, 0.2) is 54.6 Å². The molecular weight excluding hydrogens is 292 g/mol. The van der Waals surface area contributed by atoms with E-state index in [2.05, 4.69) is 10.6 Å². The van der Waals surface area contributed by atoms with Crippen LogP contribution < -0.4 is 10.6 Å². The number of rotatable bonds is 7. The molecule has 0 bridgehead atoms. The van der Waals surface area contributed by atoms with Crippen molar-refractivity contribution in [2.75, 3.05) is 13.2 Å². The van der Waals surface area contributed by atoms with Gasteiger partial charge in [-0.25, -0.2) is 4.79 Å². The number of phenols is 1. The predicted molar refractivity (Wildman–Crippen MR) is 89.4 cm³/mol. The summed E-state index contributed by atoms with van der Waals surface area (Å²) in [5, 5.41) is 24.3. The van der Waals surface area contributed by atoms with Crippen LogP contribution in [0.2, 0.25) is 0 Å². The summed E-state index contributed by atoms with van der Waals surface area (Å²) in [6.07, 6.45) is 1.21. The van der Waals surface area contributed by atoms with Gasteiger partial charge in [-0.15, -0.1) is 0 Å². The lowest BCUT2D eigenvalue weighted by Gasteiger charge is -2.17. The summed E-state index contributed by atoms with van der Waals surface area (Å²) in [4.78, 5) is 11.9. The SMILES string of the molecule is O=C(NCCc1cccc(O)c1)NC(CO)Cc1ccccc1. The first kappa shape index (κ1) is 16.8. The fourth-order valence-electron chi connectivity index (χ4n) is 2.33. The average Bonchev–Trinajstić information content (AvgIpc) is 2.55. The summed E-state index contributed by atoms with van der Waals surface area (Å²) in [6.45, 7) is 0.341. The van der Waals surface area contributed by atoms with Gasteiger partial charge < -0.3 is 20.8 Å². The van der Waals surface area contributed by atoms with Crippen molar-refractivity contribution in [1.29, 1.82) is 0 Å². The summed E-state index contributed by atoms with van der Waals surface area (Å²) in [5.41, 5.74) is 2.01. The Hall–Kier alpha value is -2.53. The highest BCUT2D eigenvalue weighted by atomic mass is 16.3. The molecule has 1 unspecified atom stereocenters. The van der Waals surface area contributed by atoms with Gasteiger partial charge in [0.25, 0.3) is 0 Å². The molecular formula is C18H22N2O3. The smallest absolute Gasteiger partial charge is 0.315 e. The number of carbonyl (C=O) groups excluding carboxylic acids is 1. The van der Waals surface area contributed by atoms with E-state index in [1.807, 2.05) is 36.4 Å². The second kappa shape index (κ2) is 8.80. The number of phenolic OH excluding ortho intramolecular Hbond substituents is 1. The lowest BCUT2D eigenvalue weighted by molar-refractivity contribution is 0.216. The number of benzene rings is 2. The number of amides is 2. The van der Waals surface area contributed by atoms with Crippen molar-refractivity contribution >= 4 is 6.03 Å². The van der Waals surface area contributed by atoms with E-state index in [1.165, 1.54) is 0 Å². The maximum absolute atomic E-state index is 11.9. The van der Waals surface area contributed by atoms with Gasteiger partial charge in [-0.3, -0.25) is 0 Å². The van der Waals surface area contributed by atoms with Crippen LogP contribution in [-0.2, 0) is 12.8 Å². The molecule has 2 aromatic carbocycles. The number of aliphatic hydroxyl groups excluding tert-OH is 1. The first-order valence-corrected chi connectivity index (χ1v) is 7.64. The minimum absolute atomic E-state index is 0.116. The largest absolute Gasteiger partial charge is 0.508 e. The molecule has 2 rings (SSSR count). The number of hydrogen-bond donors (Lipinski definition) is 4. The molecule has 0 aromatic heterocycles. The topological polar surface area (TPSA) is 81.6 Å². The first-order valence-electron chi connectivity index (χ1n) is 7.64. The molecule has 0 aliphatic heterocycles. The molecule has 0 aliphatic carbocycles. The lowest BCUT2D eigenvalue weighted by Crippen LogP contribution is -2.45. The van der Waals surface area contributed by atoms with Crippen molar-refractivity contribution in [1.82, 2.24) is 10.6 Å². The highest BCUT2D eigenvalue weighted by molar-refractivity contribution is 5.74. The Labute approximate surface area is 136 Å². The number of nitrogens with one attached hydrogen (secondary N) is 2. The minimum atomic E-state index is -0.321. The molecule has 0 spiro atoms. The van der Waals surface area contributed by atoms with Gasteiger partial charge in [-0.1, -0.05) is 42.5 Å². The van der Waals surface area contributed by atoms with E-state index in [0.717, 1.165) is 11.1 Å². The Morgan fingerprint density at radius 3 is 2.48 bits per heavy atom. The monoisotopic (exact) mass is 314 g/mol. The van der Waals surface area contributed by atoms with Crippen molar-refractivity contribution in [2.45, 2.75) is 18.9 Å². The van der Waals surface area contributed by atoms with Crippen LogP contribution in [0.25, 0.3) is 0 Å². The molecule has 23 heavy (non-hydrogen) atoms. The van der Waals surface area contributed by atoms with Crippen molar-refractivity contribution < 1.29 is 15.0 Å². The lowest BCUT2D eigenvalue weighted by atomic mass is 10.1. The number of aliphatic hydroxyl groups is 1. The second-order valence-corrected chi connectivity index (χ2v) is 5.39. The predicted octanol–water partition coefficient (Wildman–Crippen LogP) is 1.84. The molecule has 5 heteroatoms. The van der Waals surface area contributed by atoms with Gasteiger partial charge in [0.2, 0.25) is 0 Å². The molecule has 0 heterocycles. The highest BCUT2D eigenvalue weighted by Gasteiger charge is 2.11. The molecule has 5 nitrogen and oxygen atoms in total. The van der Waals surface area contributed by atoms with E-state index >= 15 is 0 Å². The van der Waals surface area contributed by atoms with Crippen LogP contribution in [0.5, 0.6) is 5.75 Å². The van der Waals surface area contributed by atoms with E-state index in [-0.39, 0.29) is 24.4 Å². The van der Waals surface area contributed by atoms with E-state index in [4.69, 9.17) is 0 Å². The highest BCUT2D eigenvalue weighted by Crippen LogP contribution is 2.10. The van der Waals surface area contributed by atoms with Crippen LogP contribution >= 0.6 is 0 Å². The number of urea groups is 1. The van der Waals surface area contributed by atoms with Crippen molar-refractivity contribution in [3.05, 3.63) is 65.7 Å². The summed E-state index contributed by atoms with van der Waals surface area (Å²) >= 11 is 0. The fourth-order valence-corrected chi connectivity index (χ4v) is 2.33. The minimum Gasteiger partial charge on any atom is -0.508 e. The second-order valence-electron chi connectivity index (χ2n) is 5.39. The van der Waals surface area contributed by atoms with Crippen molar-refractivity contribution in [3.63, 3.8) is 0 Å². The summed E-state index contributed by atoms with van der Waals surface area (Å²) in [7, 11) is 0. The normalized spacial score (nSPS) is 11.7. The molecule has 2 amide bonds. The molecule has 0 aliphatic rings. The Kier molecular flexibility index (Phi) is 6.44. The molecule has 0 saturated carbocycles. The Bertz CT molecular complexity index is 617. The molecule has 0 fully saturated rings. The number of carbonyl (C=O) groups is 1. The Morgan fingerprint density at radius 1 is 1.04 bits per heavy atom. The maximum Gasteiger partial charge on any atom is 0.315 e. The summed E-state index contributed by atoms with van der Waals surface area (Å²) in [6, 6.07) is 16.0. The zero-order valence-corrected chi connectivity index (χ0v) is 12.9. The van der Waals surface area contributed by atoms with Crippen LogP contribution in [0, 0.1) is 0 Å². The number of aromatic hydroxyl groups is 1. The zero-order chi connectivity index (χ0) is 16.5. The third kappa shape index (κ3) is 6.00. The average molecular weight is 314 g/mol. The molecule has 2 aromatic rings. The van der Waals surface area contributed by atoms with Gasteiger partial charge in [-0.2, -0.15) is 0 Å². The van der Waals surface area contributed by atoms with Crippen molar-refractivity contribution in [2.24, 2.45) is 0 Å². The molecule has 0 radical (unpaired) electrons. The van der Waals surface area contributed by atoms with Gasteiger partial charge in [0.1, 0.15) is 5.75 Å². The van der Waals surface area contributed by atoms with Gasteiger partial charge in [0.05, 0.1) is 12.6 Å². The van der Waals surface area contributed by atoms with Gasteiger partial charge in [-0.05, 0) is 36.1 Å². The van der Waals surface area contributed by atoms with E-state index < -0.39 is 0 Å². The third-order valence-electron chi connectivity index (χ3n) is 3.49. The first-order chi connectivity index (χ1) is 11.2. The summed E-state index contributed by atoms with van der Waals surface area (Å²) in [5.74, 6) is 0.218. The molecule has 4 N–H and O–H groups in total. The van der Waals surface area contributed by atoms with Gasteiger partial charge >= 0.3 is 6.03 Å². The van der Waals surface area contributed by atoms with E-state index in [9.17, 15) is 15.0 Å². The van der Waals surface area contributed by atoms with Crippen LogP contribution in [0.1, 0.15) is 11.1 Å². The van der Waals surface area contributed by atoms with Crippen LogP contribution in [-0.4, -0.2) is 35.4 Å². The third-order valence-corrected chi connectivity index (χ3v) is 3.49. The van der Waals surface area contributed by atoms with Crippen LogP contribution in [0.3, 0.4) is 0 Å². The van der Waals surface area contributed by atoms with E-state index in [1.54, 1.807) is 18.2 Å². The Morgan fingerprint density at radius 2 is 1.78 bits per heavy atom. The number of hydrogen-bond acceptors (Lipinski definition) is 3. The molecule has 0 saturated heterocycles. The summed E-state index contributed by atoms with van der Waals surface area (Å²) < 4.78 is 0. The molecule has 1 atom stereocenters. The zero-order valence-electron chi connectivity index (χ0n) is 12.9. The fraction of sp³-hybridized carbons (Fsp3) is 0.278.